The van der Waals surface area contributed by atoms with Crippen molar-refractivity contribution in [2.24, 2.45) is 0 Å². The highest BCUT2D eigenvalue weighted by Crippen LogP contribution is 2.19. The maximum atomic E-state index is 12.7. The number of hydrogen-bond acceptors (Lipinski definition) is 5. The lowest BCUT2D eigenvalue weighted by molar-refractivity contribution is 0.0469. The van der Waals surface area contributed by atoms with Gasteiger partial charge in [-0.3, -0.25) is 14.0 Å². The summed E-state index contributed by atoms with van der Waals surface area (Å²) in [4.78, 5) is 41.9. The quantitative estimate of drug-likeness (QED) is 0.461. The number of ether oxygens (including phenoxy) is 1. The van der Waals surface area contributed by atoms with Gasteiger partial charge in [-0.1, -0.05) is 29.8 Å². The summed E-state index contributed by atoms with van der Waals surface area (Å²) < 4.78 is 6.80. The molecule has 0 radical (unpaired) electrons. The van der Waals surface area contributed by atoms with E-state index in [1.54, 1.807) is 60.8 Å². The zero-order valence-electron chi connectivity index (χ0n) is 17.0. The lowest BCUT2D eigenvalue weighted by Crippen LogP contribution is -2.18. The summed E-state index contributed by atoms with van der Waals surface area (Å²) in [5, 5.41) is 3.23. The third kappa shape index (κ3) is 4.68. The van der Waals surface area contributed by atoms with Gasteiger partial charge in [-0.05, 0) is 55.0 Å². The van der Waals surface area contributed by atoms with Gasteiger partial charge in [0.25, 0.3) is 11.5 Å². The Balaban J connectivity index is 1.50. The molecule has 4 aromatic rings. The largest absolute Gasteiger partial charge is 0.456 e. The van der Waals surface area contributed by atoms with Crippen LogP contribution in [-0.4, -0.2) is 21.3 Å². The van der Waals surface area contributed by atoms with Crippen molar-refractivity contribution in [1.82, 2.24) is 9.38 Å². The molecule has 1 amide bonds. The summed E-state index contributed by atoms with van der Waals surface area (Å²) in [5.74, 6) is -1.04. The van der Waals surface area contributed by atoms with Crippen LogP contribution in [-0.2, 0) is 11.3 Å². The Morgan fingerprint density at radius 3 is 2.59 bits per heavy atom. The minimum atomic E-state index is -0.650. The van der Waals surface area contributed by atoms with Gasteiger partial charge in [0.05, 0.1) is 16.9 Å². The van der Waals surface area contributed by atoms with E-state index in [0.29, 0.717) is 27.6 Å². The number of para-hydroxylation sites is 1. The number of carbonyl (C=O) groups is 2. The van der Waals surface area contributed by atoms with Crippen molar-refractivity contribution in [1.29, 1.82) is 0 Å². The number of esters is 1. The molecule has 32 heavy (non-hydrogen) atoms. The highest BCUT2D eigenvalue weighted by atomic mass is 35.5. The number of hydrogen-bond donors (Lipinski definition) is 1. The summed E-state index contributed by atoms with van der Waals surface area (Å²) in [6, 6.07) is 17.8. The number of nitrogens with zero attached hydrogens (tertiary/aromatic N) is 2. The van der Waals surface area contributed by atoms with Crippen molar-refractivity contribution in [3.8, 4) is 0 Å². The Hall–Kier alpha value is -3.97. The minimum Gasteiger partial charge on any atom is -0.456 e. The van der Waals surface area contributed by atoms with Crippen LogP contribution < -0.4 is 10.9 Å². The molecule has 0 saturated carbocycles. The predicted molar refractivity (Wildman–Crippen MR) is 121 cm³/mol. The average Bonchev–Trinajstić information content (AvgIpc) is 2.79. The smallest absolute Gasteiger partial charge is 0.340 e. The molecule has 0 aliphatic carbocycles. The maximum absolute atomic E-state index is 12.7. The third-order valence-corrected chi connectivity index (χ3v) is 4.97. The average molecular weight is 448 g/mol. The van der Waals surface area contributed by atoms with E-state index < -0.39 is 5.97 Å². The first kappa shape index (κ1) is 21.3. The Morgan fingerprint density at radius 1 is 1.06 bits per heavy atom. The van der Waals surface area contributed by atoms with Gasteiger partial charge in [0.1, 0.15) is 12.3 Å². The standard InChI is InChI=1S/C24H18ClN3O4/c1-15-6-11-21-26-18(12-22(29)28(21)13-15)14-32-24(31)19-4-2-3-5-20(19)27-23(30)16-7-9-17(25)10-8-16/h2-13H,14H2,1H3,(H,27,30). The van der Waals surface area contributed by atoms with Crippen molar-refractivity contribution >= 4 is 34.8 Å². The predicted octanol–water partition coefficient (Wildman–Crippen LogP) is 4.27. The molecule has 2 aromatic heterocycles. The number of benzene rings is 2. The van der Waals surface area contributed by atoms with Crippen LogP contribution in [0.15, 0.2) is 77.7 Å². The van der Waals surface area contributed by atoms with Crippen molar-refractivity contribution in [2.45, 2.75) is 13.5 Å². The number of nitrogens with one attached hydrogen (secondary N) is 1. The molecule has 0 unspecified atom stereocenters. The van der Waals surface area contributed by atoms with Gasteiger partial charge >= 0.3 is 5.97 Å². The highest BCUT2D eigenvalue weighted by molar-refractivity contribution is 6.30. The van der Waals surface area contributed by atoms with Crippen molar-refractivity contribution < 1.29 is 14.3 Å². The molecule has 0 fully saturated rings. The van der Waals surface area contributed by atoms with E-state index >= 15 is 0 Å². The Bertz CT molecular complexity index is 1380. The summed E-state index contributed by atoms with van der Waals surface area (Å²) in [5.41, 5.74) is 2.34. The molecule has 2 aromatic carbocycles. The van der Waals surface area contributed by atoms with Gasteiger partial charge in [-0.25, -0.2) is 9.78 Å². The number of pyridine rings is 1. The lowest BCUT2D eigenvalue weighted by atomic mass is 10.1. The van der Waals surface area contributed by atoms with E-state index in [1.807, 2.05) is 13.0 Å². The van der Waals surface area contributed by atoms with Crippen LogP contribution in [0.25, 0.3) is 5.65 Å². The molecule has 0 atom stereocenters. The molecule has 4 rings (SSSR count). The SMILES string of the molecule is Cc1ccc2nc(COC(=O)c3ccccc3NC(=O)c3ccc(Cl)cc3)cc(=O)n2c1. The second-order valence-electron chi connectivity index (χ2n) is 7.10. The third-order valence-electron chi connectivity index (χ3n) is 4.71. The molecular formula is C24H18ClN3O4. The van der Waals surface area contributed by atoms with Crippen molar-refractivity contribution in [3.63, 3.8) is 0 Å². The van der Waals surface area contributed by atoms with E-state index in [2.05, 4.69) is 10.3 Å². The molecule has 0 spiro atoms. The monoisotopic (exact) mass is 447 g/mol. The number of amides is 1. The summed E-state index contributed by atoms with van der Waals surface area (Å²) in [7, 11) is 0. The first-order chi connectivity index (χ1) is 15.4. The topological polar surface area (TPSA) is 89.8 Å². The van der Waals surface area contributed by atoms with Crippen LogP contribution in [0.4, 0.5) is 5.69 Å². The second kappa shape index (κ2) is 9.03. The van der Waals surface area contributed by atoms with Crippen LogP contribution in [0.1, 0.15) is 32.0 Å². The van der Waals surface area contributed by atoms with Gasteiger partial charge in [0.2, 0.25) is 0 Å². The van der Waals surface area contributed by atoms with Crippen LogP contribution >= 0.6 is 11.6 Å². The Labute approximate surface area is 188 Å². The van der Waals surface area contributed by atoms with Crippen LogP contribution in [0.5, 0.6) is 0 Å². The van der Waals surface area contributed by atoms with Gasteiger partial charge in [0.15, 0.2) is 0 Å². The summed E-state index contributed by atoms with van der Waals surface area (Å²) in [6.07, 6.45) is 1.69. The lowest BCUT2D eigenvalue weighted by Gasteiger charge is -2.11. The van der Waals surface area contributed by atoms with E-state index in [1.165, 1.54) is 10.5 Å². The molecule has 0 aliphatic rings. The van der Waals surface area contributed by atoms with Gasteiger partial charge < -0.3 is 10.1 Å². The number of rotatable bonds is 5. The minimum absolute atomic E-state index is 0.183. The molecule has 1 N–H and O–H groups in total. The molecule has 0 bridgehead atoms. The second-order valence-corrected chi connectivity index (χ2v) is 7.54. The first-order valence-electron chi connectivity index (χ1n) is 9.73. The molecule has 2 heterocycles. The molecule has 0 saturated heterocycles. The van der Waals surface area contributed by atoms with Crippen LogP contribution in [0, 0.1) is 6.92 Å². The zero-order valence-corrected chi connectivity index (χ0v) is 17.8. The number of fused-ring (bicyclic) bond motifs is 1. The van der Waals surface area contributed by atoms with Crippen molar-refractivity contribution in [2.75, 3.05) is 5.32 Å². The maximum Gasteiger partial charge on any atom is 0.340 e. The van der Waals surface area contributed by atoms with Crippen LogP contribution in [0.2, 0.25) is 5.02 Å². The molecule has 0 aliphatic heterocycles. The van der Waals surface area contributed by atoms with E-state index in [9.17, 15) is 14.4 Å². The first-order valence-corrected chi connectivity index (χ1v) is 10.1. The van der Waals surface area contributed by atoms with Crippen molar-refractivity contribution in [3.05, 3.63) is 111 Å². The zero-order chi connectivity index (χ0) is 22.7. The van der Waals surface area contributed by atoms with E-state index in [-0.39, 0.29) is 23.6 Å². The molecule has 7 nitrogen and oxygen atoms in total. The fraction of sp³-hybridized carbons (Fsp3) is 0.0833. The number of aryl methyl sites for hydroxylation is 1. The molecule has 8 heteroatoms. The van der Waals surface area contributed by atoms with E-state index in [0.717, 1.165) is 5.56 Å². The Kier molecular flexibility index (Phi) is 6.00. The van der Waals surface area contributed by atoms with Gasteiger partial charge in [0, 0.05) is 22.8 Å². The normalized spacial score (nSPS) is 10.7. The van der Waals surface area contributed by atoms with Gasteiger partial charge in [-0.15, -0.1) is 0 Å². The summed E-state index contributed by atoms with van der Waals surface area (Å²) >= 11 is 5.86. The Morgan fingerprint density at radius 2 is 1.81 bits per heavy atom. The fourth-order valence-electron chi connectivity index (χ4n) is 3.12. The summed E-state index contributed by atoms with van der Waals surface area (Å²) in [6.45, 7) is 1.70. The number of anilines is 1. The highest BCUT2D eigenvalue weighted by Gasteiger charge is 2.16. The molecule has 160 valence electrons. The molecular weight excluding hydrogens is 430 g/mol. The van der Waals surface area contributed by atoms with E-state index in [4.69, 9.17) is 16.3 Å². The number of halogens is 1. The number of aromatic nitrogens is 2. The van der Waals surface area contributed by atoms with Gasteiger partial charge in [-0.2, -0.15) is 0 Å². The number of carbonyl (C=O) groups excluding carboxylic acids is 2. The fourth-order valence-corrected chi connectivity index (χ4v) is 3.24. The van der Waals surface area contributed by atoms with Crippen LogP contribution in [0.3, 0.4) is 0 Å².